The van der Waals surface area contributed by atoms with Crippen molar-refractivity contribution in [1.82, 2.24) is 20.2 Å². The SMILES string of the molecule is CC(CC(=O)O)O/N=C(\C(=O)NC1C(=O)N2C(C(=O)[O-])=C(CSc3nc(N)cc(N(C)C)[n+]3C)CS[C@H]12)c1csc(N)n1. The fraction of sp³-hybridized carbons (Fsp3) is 0.417. The topological polar surface area (TPSA) is 233 Å². The van der Waals surface area contributed by atoms with E-state index in [9.17, 15) is 24.3 Å². The number of hydrogen-bond donors (Lipinski definition) is 4. The Morgan fingerprint density at radius 1 is 1.37 bits per heavy atom. The number of thioether (sulfide) groups is 2. The van der Waals surface area contributed by atoms with Crippen LogP contribution >= 0.6 is 34.9 Å². The summed E-state index contributed by atoms with van der Waals surface area (Å²) in [4.78, 5) is 66.1. The minimum absolute atomic E-state index is 0.0674. The zero-order valence-corrected chi connectivity index (χ0v) is 25.9. The fourth-order valence-electron chi connectivity index (χ4n) is 4.27. The molecule has 43 heavy (non-hydrogen) atoms. The van der Waals surface area contributed by atoms with Crippen LogP contribution < -0.4 is 31.4 Å². The second-order valence-electron chi connectivity index (χ2n) is 9.69. The number of carbonyl (C=O) groups excluding carboxylic acids is 3. The molecule has 2 amide bonds. The van der Waals surface area contributed by atoms with Crippen LogP contribution in [0.3, 0.4) is 0 Å². The maximum Gasteiger partial charge on any atom is 0.307 e. The number of rotatable bonds is 12. The molecule has 2 aromatic rings. The van der Waals surface area contributed by atoms with Crippen molar-refractivity contribution in [2.75, 3.05) is 42.0 Å². The van der Waals surface area contributed by atoms with Gasteiger partial charge in [0.15, 0.2) is 10.8 Å². The number of aromatic nitrogens is 3. The highest BCUT2D eigenvalue weighted by atomic mass is 32.2. The van der Waals surface area contributed by atoms with Gasteiger partial charge in [-0.2, -0.15) is 0 Å². The highest BCUT2D eigenvalue weighted by Gasteiger charge is 2.53. The second kappa shape index (κ2) is 13.0. The van der Waals surface area contributed by atoms with Crippen molar-refractivity contribution in [2.24, 2.45) is 12.2 Å². The largest absolute Gasteiger partial charge is 0.543 e. The van der Waals surface area contributed by atoms with Crippen molar-refractivity contribution in [3.05, 3.63) is 28.4 Å². The number of nitrogen functional groups attached to an aromatic ring is 2. The van der Waals surface area contributed by atoms with Gasteiger partial charge in [-0.3, -0.25) is 24.2 Å². The number of fused-ring (bicyclic) bond motifs is 1. The van der Waals surface area contributed by atoms with E-state index in [2.05, 4.69) is 20.4 Å². The molecule has 2 unspecified atom stereocenters. The number of carboxylic acid groups (broad SMARTS) is 2. The van der Waals surface area contributed by atoms with E-state index in [-0.39, 0.29) is 40.2 Å². The van der Waals surface area contributed by atoms with Crippen molar-refractivity contribution in [2.45, 2.75) is 36.0 Å². The smallest absolute Gasteiger partial charge is 0.307 e. The normalized spacial score (nSPS) is 18.9. The van der Waals surface area contributed by atoms with Crippen LogP contribution in [0.5, 0.6) is 0 Å². The average Bonchev–Trinajstić information content (AvgIpc) is 3.36. The van der Waals surface area contributed by atoms with Crippen LogP contribution in [0, 0.1) is 0 Å². The lowest BCUT2D eigenvalue weighted by Crippen LogP contribution is -2.71. The molecule has 1 fully saturated rings. The van der Waals surface area contributed by atoms with Crippen molar-refractivity contribution in [1.29, 1.82) is 0 Å². The van der Waals surface area contributed by atoms with Crippen molar-refractivity contribution in [3.63, 3.8) is 0 Å². The number of nitrogens with two attached hydrogens (primary N) is 2. The Balaban J connectivity index is 1.51. The molecule has 19 heteroatoms. The lowest BCUT2D eigenvalue weighted by Gasteiger charge is -2.50. The predicted molar refractivity (Wildman–Crippen MR) is 158 cm³/mol. The van der Waals surface area contributed by atoms with E-state index in [0.29, 0.717) is 16.5 Å². The third-order valence-corrected chi connectivity index (χ3v) is 9.39. The summed E-state index contributed by atoms with van der Waals surface area (Å²) in [6.45, 7) is 1.46. The van der Waals surface area contributed by atoms with Gasteiger partial charge < -0.3 is 36.6 Å². The van der Waals surface area contributed by atoms with E-state index < -0.39 is 41.3 Å². The number of β-lactam (4-membered cyclic amide) rings is 1. The molecule has 0 aliphatic carbocycles. The Hall–Kier alpha value is -4.10. The number of nitrogens with one attached hydrogen (secondary N) is 1. The first-order chi connectivity index (χ1) is 20.3. The van der Waals surface area contributed by atoms with Crippen LogP contribution in [-0.4, -0.2) is 92.6 Å². The Morgan fingerprint density at radius 2 is 2.09 bits per heavy atom. The Bertz CT molecular complexity index is 1530. The maximum atomic E-state index is 13.2. The molecule has 2 aliphatic rings. The van der Waals surface area contributed by atoms with Crippen molar-refractivity contribution >= 4 is 81.1 Å². The molecule has 3 atom stereocenters. The van der Waals surface area contributed by atoms with Gasteiger partial charge in [0.05, 0.1) is 45.3 Å². The van der Waals surface area contributed by atoms with E-state index in [1.165, 1.54) is 35.8 Å². The van der Waals surface area contributed by atoms with E-state index in [4.69, 9.17) is 21.4 Å². The highest BCUT2D eigenvalue weighted by molar-refractivity contribution is 8.01. The number of nitrogens with zero attached hydrogens (tertiary/aromatic N) is 6. The monoisotopic (exact) mass is 651 g/mol. The van der Waals surface area contributed by atoms with Gasteiger partial charge in [-0.15, -0.1) is 23.1 Å². The molecular weight excluding hydrogens is 623 g/mol. The molecule has 6 N–H and O–H groups in total. The van der Waals surface area contributed by atoms with Crippen molar-refractivity contribution in [3.8, 4) is 0 Å². The lowest BCUT2D eigenvalue weighted by molar-refractivity contribution is -0.700. The molecule has 0 radical (unpaired) electrons. The molecule has 4 heterocycles. The minimum atomic E-state index is -1.51. The zero-order valence-electron chi connectivity index (χ0n) is 23.5. The van der Waals surface area contributed by atoms with Crippen LogP contribution in [-0.2, 0) is 31.1 Å². The van der Waals surface area contributed by atoms with Crippen molar-refractivity contribution < 1.29 is 38.8 Å². The molecule has 0 bridgehead atoms. The average molecular weight is 652 g/mol. The summed E-state index contributed by atoms with van der Waals surface area (Å²) >= 11 is 3.59. The molecule has 0 spiro atoms. The summed E-state index contributed by atoms with van der Waals surface area (Å²) < 4.78 is 1.82. The number of carbonyl (C=O) groups is 4. The van der Waals surface area contributed by atoms with E-state index >= 15 is 0 Å². The Labute approximate surface area is 258 Å². The molecule has 230 valence electrons. The maximum absolute atomic E-state index is 13.2. The standard InChI is InChI=1S/C24H29N9O7S3/c1-10(5-15(34)35)40-30-16(12-9-42-23(26)27-12)19(36)29-17-20(37)33-18(22(38)39)11(7-41-21(17)33)8-43-24-28-13(25)6-14(31(2)3)32(24)4/h6,9-10,17,21,25H,5,7-8H2,1-4H3,(H5,26,27,29,34,35,36,38,39)/b30-16-/t10?,17?,21-/m1/s1. The summed E-state index contributed by atoms with van der Waals surface area (Å²) in [5.74, 6) is -2.55. The van der Waals surface area contributed by atoms with Gasteiger partial charge in [0.25, 0.3) is 11.8 Å². The third-order valence-electron chi connectivity index (χ3n) is 6.26. The van der Waals surface area contributed by atoms with Gasteiger partial charge >= 0.3 is 11.1 Å². The van der Waals surface area contributed by atoms with Gasteiger partial charge in [-0.05, 0) is 24.3 Å². The van der Waals surface area contributed by atoms with Crippen LogP contribution in [0.15, 0.2) is 33.0 Å². The second-order valence-corrected chi connectivity index (χ2v) is 12.6. The van der Waals surface area contributed by atoms with Gasteiger partial charge in [0.1, 0.15) is 23.2 Å². The number of thiazole rings is 1. The van der Waals surface area contributed by atoms with Crippen LogP contribution in [0.4, 0.5) is 16.8 Å². The molecule has 2 aromatic heterocycles. The molecular formula is C24H29N9O7S3. The van der Waals surface area contributed by atoms with Crippen LogP contribution in [0.2, 0.25) is 0 Å². The Kier molecular flexibility index (Phi) is 9.65. The molecule has 0 saturated carbocycles. The summed E-state index contributed by atoms with van der Waals surface area (Å²) in [6, 6.07) is 0.640. The van der Waals surface area contributed by atoms with E-state index in [1.807, 2.05) is 30.6 Å². The van der Waals surface area contributed by atoms with Gasteiger partial charge in [-0.25, -0.2) is 9.55 Å². The molecule has 2 aliphatic heterocycles. The lowest BCUT2D eigenvalue weighted by atomic mass is 10.0. The quantitative estimate of drug-likeness (QED) is 0.0504. The molecule has 16 nitrogen and oxygen atoms in total. The van der Waals surface area contributed by atoms with Crippen LogP contribution in [0.1, 0.15) is 19.0 Å². The van der Waals surface area contributed by atoms with Gasteiger partial charge in [0.2, 0.25) is 11.6 Å². The first-order valence-electron chi connectivity index (χ1n) is 12.6. The number of carboxylic acids is 2. The van der Waals surface area contributed by atoms with Crippen LogP contribution in [0.25, 0.3) is 0 Å². The molecule has 1 saturated heterocycles. The summed E-state index contributed by atoms with van der Waals surface area (Å²) in [5.41, 5.74) is 11.6. The zero-order chi connectivity index (χ0) is 31.6. The third kappa shape index (κ3) is 6.94. The number of hydrogen-bond acceptors (Lipinski definition) is 15. The van der Waals surface area contributed by atoms with Gasteiger partial charge in [-0.1, -0.05) is 10.1 Å². The van der Waals surface area contributed by atoms with E-state index in [1.54, 1.807) is 6.07 Å². The number of oxime groups is 1. The minimum Gasteiger partial charge on any atom is -0.543 e. The predicted octanol–water partition coefficient (Wildman–Crippen LogP) is -1.63. The number of aliphatic carboxylic acids is 2. The molecule has 0 aromatic carbocycles. The fourth-order valence-corrected chi connectivity index (χ4v) is 7.30. The Morgan fingerprint density at radius 3 is 2.70 bits per heavy atom. The van der Waals surface area contributed by atoms with E-state index in [0.717, 1.165) is 22.1 Å². The highest BCUT2D eigenvalue weighted by Crippen LogP contribution is 2.41. The summed E-state index contributed by atoms with van der Waals surface area (Å²) in [6.07, 6.45) is -1.23. The first-order valence-corrected chi connectivity index (χ1v) is 15.5. The summed E-state index contributed by atoms with van der Waals surface area (Å²) in [7, 11) is 5.53. The van der Waals surface area contributed by atoms with Gasteiger partial charge in [0, 0.05) is 16.9 Å². The molecule has 4 rings (SSSR count). The number of anilines is 3. The first kappa shape index (κ1) is 31.8. The number of amides is 2. The summed E-state index contributed by atoms with van der Waals surface area (Å²) in [5, 5.41) is 29.0.